The van der Waals surface area contributed by atoms with Gasteiger partial charge in [-0.05, 0) is 50.8 Å². The van der Waals surface area contributed by atoms with E-state index in [2.05, 4.69) is 29.8 Å². The Morgan fingerprint density at radius 3 is 3.06 bits per heavy atom. The van der Waals surface area contributed by atoms with E-state index < -0.39 is 0 Å². The molecule has 0 aromatic carbocycles. The standard InChI is InChI=1S/C13H21N3/c1-10-11(2)15-6-5-13(10)16-7-3-4-12(8-14)9-16/h5-6,12H,3-4,7-9,14H2,1-2H3. The summed E-state index contributed by atoms with van der Waals surface area (Å²) in [7, 11) is 0. The van der Waals surface area contributed by atoms with Crippen LogP contribution in [-0.4, -0.2) is 24.6 Å². The van der Waals surface area contributed by atoms with E-state index in [1.54, 1.807) is 0 Å². The molecule has 88 valence electrons. The lowest BCUT2D eigenvalue weighted by molar-refractivity contribution is 0.423. The highest BCUT2D eigenvalue weighted by molar-refractivity contribution is 5.54. The van der Waals surface area contributed by atoms with Gasteiger partial charge in [0.2, 0.25) is 0 Å². The van der Waals surface area contributed by atoms with E-state index in [0.717, 1.165) is 25.3 Å². The Morgan fingerprint density at radius 2 is 2.31 bits per heavy atom. The van der Waals surface area contributed by atoms with Crippen LogP contribution in [0.25, 0.3) is 0 Å². The smallest absolute Gasteiger partial charge is 0.0429 e. The van der Waals surface area contributed by atoms with E-state index in [0.29, 0.717) is 5.92 Å². The summed E-state index contributed by atoms with van der Waals surface area (Å²) >= 11 is 0. The monoisotopic (exact) mass is 219 g/mol. The molecule has 2 heterocycles. The zero-order chi connectivity index (χ0) is 11.5. The van der Waals surface area contributed by atoms with Gasteiger partial charge in [0.15, 0.2) is 0 Å². The van der Waals surface area contributed by atoms with Gasteiger partial charge in [-0.15, -0.1) is 0 Å². The van der Waals surface area contributed by atoms with Crippen LogP contribution >= 0.6 is 0 Å². The van der Waals surface area contributed by atoms with Gasteiger partial charge in [0.1, 0.15) is 0 Å². The third kappa shape index (κ3) is 2.19. The predicted octanol–water partition coefficient (Wildman–Crippen LogP) is 1.87. The van der Waals surface area contributed by atoms with Crippen LogP contribution < -0.4 is 10.6 Å². The minimum atomic E-state index is 0.654. The van der Waals surface area contributed by atoms with Gasteiger partial charge in [0.05, 0.1) is 0 Å². The van der Waals surface area contributed by atoms with E-state index >= 15 is 0 Å². The summed E-state index contributed by atoms with van der Waals surface area (Å²) < 4.78 is 0. The van der Waals surface area contributed by atoms with Gasteiger partial charge < -0.3 is 10.6 Å². The minimum Gasteiger partial charge on any atom is -0.371 e. The van der Waals surface area contributed by atoms with E-state index in [-0.39, 0.29) is 0 Å². The second-order valence-corrected chi connectivity index (χ2v) is 4.73. The Bertz CT molecular complexity index is 362. The fraction of sp³-hybridized carbons (Fsp3) is 0.615. The summed E-state index contributed by atoms with van der Waals surface area (Å²) in [5.41, 5.74) is 9.55. The second kappa shape index (κ2) is 4.83. The van der Waals surface area contributed by atoms with Gasteiger partial charge in [-0.2, -0.15) is 0 Å². The van der Waals surface area contributed by atoms with E-state index in [4.69, 9.17) is 5.73 Å². The molecule has 2 rings (SSSR count). The van der Waals surface area contributed by atoms with Crippen LogP contribution in [0.15, 0.2) is 12.3 Å². The molecule has 1 saturated heterocycles. The SMILES string of the molecule is Cc1nccc(N2CCCC(CN)C2)c1C. The number of hydrogen-bond donors (Lipinski definition) is 1. The zero-order valence-electron chi connectivity index (χ0n) is 10.2. The maximum absolute atomic E-state index is 5.77. The molecule has 0 bridgehead atoms. The average Bonchev–Trinajstić information content (AvgIpc) is 2.33. The largest absolute Gasteiger partial charge is 0.371 e. The van der Waals surface area contributed by atoms with Gasteiger partial charge in [0, 0.05) is 30.7 Å². The summed E-state index contributed by atoms with van der Waals surface area (Å²) in [5.74, 6) is 0.654. The summed E-state index contributed by atoms with van der Waals surface area (Å²) in [5, 5.41) is 0. The lowest BCUT2D eigenvalue weighted by atomic mass is 9.97. The Balaban J connectivity index is 2.20. The van der Waals surface area contributed by atoms with E-state index in [9.17, 15) is 0 Å². The molecule has 1 fully saturated rings. The van der Waals surface area contributed by atoms with Gasteiger partial charge in [-0.3, -0.25) is 4.98 Å². The van der Waals surface area contributed by atoms with E-state index in [1.807, 2.05) is 6.20 Å². The van der Waals surface area contributed by atoms with Crippen molar-refractivity contribution in [1.29, 1.82) is 0 Å². The minimum absolute atomic E-state index is 0.654. The van der Waals surface area contributed by atoms with Crippen molar-refractivity contribution >= 4 is 5.69 Å². The van der Waals surface area contributed by atoms with Crippen molar-refractivity contribution in [2.75, 3.05) is 24.5 Å². The van der Waals surface area contributed by atoms with Crippen LogP contribution in [0.4, 0.5) is 5.69 Å². The molecule has 0 saturated carbocycles. The Hall–Kier alpha value is -1.09. The summed E-state index contributed by atoms with van der Waals surface area (Å²) in [6, 6.07) is 2.13. The lowest BCUT2D eigenvalue weighted by Gasteiger charge is -2.35. The van der Waals surface area contributed by atoms with Crippen LogP contribution in [0, 0.1) is 19.8 Å². The molecule has 0 aliphatic carbocycles. The maximum atomic E-state index is 5.77. The topological polar surface area (TPSA) is 42.2 Å². The number of piperidine rings is 1. The molecule has 1 unspecified atom stereocenters. The number of rotatable bonds is 2. The molecule has 0 radical (unpaired) electrons. The van der Waals surface area contributed by atoms with Gasteiger partial charge in [0.25, 0.3) is 0 Å². The third-order valence-corrected chi connectivity index (χ3v) is 3.62. The molecule has 1 atom stereocenters. The number of pyridine rings is 1. The van der Waals surface area contributed by atoms with Gasteiger partial charge in [-0.25, -0.2) is 0 Å². The molecule has 2 N–H and O–H groups in total. The second-order valence-electron chi connectivity index (χ2n) is 4.73. The Morgan fingerprint density at radius 1 is 1.50 bits per heavy atom. The third-order valence-electron chi connectivity index (χ3n) is 3.62. The fourth-order valence-electron chi connectivity index (χ4n) is 2.45. The maximum Gasteiger partial charge on any atom is 0.0429 e. The molecule has 3 heteroatoms. The van der Waals surface area contributed by atoms with Crippen molar-refractivity contribution in [1.82, 2.24) is 4.98 Å². The van der Waals surface area contributed by atoms with Crippen molar-refractivity contribution in [3.8, 4) is 0 Å². The Labute approximate surface area is 97.7 Å². The summed E-state index contributed by atoms with van der Waals surface area (Å²) in [6.45, 7) is 7.29. The first-order valence-electron chi connectivity index (χ1n) is 6.09. The van der Waals surface area contributed by atoms with Crippen LogP contribution in [0.1, 0.15) is 24.1 Å². The van der Waals surface area contributed by atoms with E-state index in [1.165, 1.54) is 24.1 Å². The molecular weight excluding hydrogens is 198 g/mol. The molecule has 1 aliphatic heterocycles. The molecule has 1 aliphatic rings. The van der Waals surface area contributed by atoms with Crippen molar-refractivity contribution in [3.05, 3.63) is 23.5 Å². The van der Waals surface area contributed by atoms with Gasteiger partial charge in [-0.1, -0.05) is 0 Å². The summed E-state index contributed by atoms with van der Waals surface area (Å²) in [4.78, 5) is 6.79. The summed E-state index contributed by atoms with van der Waals surface area (Å²) in [6.07, 6.45) is 4.43. The quantitative estimate of drug-likeness (QED) is 0.825. The number of nitrogens with zero attached hydrogens (tertiary/aromatic N) is 2. The van der Waals surface area contributed by atoms with Gasteiger partial charge >= 0.3 is 0 Å². The van der Waals surface area contributed by atoms with Crippen LogP contribution in [0.3, 0.4) is 0 Å². The molecule has 16 heavy (non-hydrogen) atoms. The first-order chi connectivity index (χ1) is 7.72. The van der Waals surface area contributed by atoms with Crippen molar-refractivity contribution in [2.45, 2.75) is 26.7 Å². The molecule has 0 amide bonds. The number of aromatic nitrogens is 1. The fourth-order valence-corrected chi connectivity index (χ4v) is 2.45. The first-order valence-corrected chi connectivity index (χ1v) is 6.09. The number of anilines is 1. The molecule has 1 aromatic rings. The lowest BCUT2D eigenvalue weighted by Crippen LogP contribution is -2.38. The zero-order valence-corrected chi connectivity index (χ0v) is 10.2. The molecule has 3 nitrogen and oxygen atoms in total. The molecule has 0 spiro atoms. The predicted molar refractivity (Wildman–Crippen MR) is 67.7 cm³/mol. The Kier molecular flexibility index (Phi) is 3.44. The number of nitrogens with two attached hydrogens (primary N) is 1. The van der Waals surface area contributed by atoms with Crippen molar-refractivity contribution in [3.63, 3.8) is 0 Å². The molecule has 1 aromatic heterocycles. The van der Waals surface area contributed by atoms with Crippen LogP contribution in [0.5, 0.6) is 0 Å². The number of hydrogen-bond acceptors (Lipinski definition) is 3. The normalized spacial score (nSPS) is 21.2. The molecular formula is C13H21N3. The first kappa shape index (κ1) is 11.4. The highest BCUT2D eigenvalue weighted by Crippen LogP contribution is 2.26. The van der Waals surface area contributed by atoms with Crippen LogP contribution in [0.2, 0.25) is 0 Å². The highest BCUT2D eigenvalue weighted by Gasteiger charge is 2.20. The van der Waals surface area contributed by atoms with Crippen LogP contribution in [-0.2, 0) is 0 Å². The highest BCUT2D eigenvalue weighted by atomic mass is 15.1. The average molecular weight is 219 g/mol. The number of aryl methyl sites for hydroxylation is 1. The van der Waals surface area contributed by atoms with Crippen molar-refractivity contribution in [2.24, 2.45) is 11.7 Å². The van der Waals surface area contributed by atoms with Crippen molar-refractivity contribution < 1.29 is 0 Å².